The van der Waals surface area contributed by atoms with Gasteiger partial charge in [0.1, 0.15) is 11.4 Å². The number of carbonyl (C=O) groups is 1. The van der Waals surface area contributed by atoms with E-state index in [4.69, 9.17) is 4.74 Å². The molecule has 1 aliphatic rings. The van der Waals surface area contributed by atoms with Crippen molar-refractivity contribution in [3.63, 3.8) is 0 Å². The van der Waals surface area contributed by atoms with Gasteiger partial charge in [-0.3, -0.25) is 4.79 Å². The first-order chi connectivity index (χ1) is 12.7. The maximum atomic E-state index is 12.9. The second-order valence-corrected chi connectivity index (χ2v) is 7.95. The first-order valence-corrected chi connectivity index (χ1v) is 10.2. The van der Waals surface area contributed by atoms with Crippen molar-refractivity contribution in [3.8, 4) is 5.75 Å². The number of methoxy groups -OCH3 is 1. The normalized spacial score (nSPS) is 13.8. The Balaban J connectivity index is 1.46. The number of nitrogens with one attached hydrogen (secondary N) is 1. The fraction of sp³-hybridized carbons (Fsp3) is 0.263. The zero-order valence-corrected chi connectivity index (χ0v) is 16.0. The first kappa shape index (κ1) is 17.1. The quantitative estimate of drug-likeness (QED) is 0.716. The molecule has 1 aromatic carbocycles. The van der Waals surface area contributed by atoms with Crippen molar-refractivity contribution in [2.24, 2.45) is 0 Å². The summed E-state index contributed by atoms with van der Waals surface area (Å²) in [6, 6.07) is 9.75. The van der Waals surface area contributed by atoms with E-state index in [2.05, 4.69) is 21.7 Å². The molecule has 134 valence electrons. The molecule has 0 spiro atoms. The van der Waals surface area contributed by atoms with Crippen molar-refractivity contribution in [1.82, 2.24) is 9.88 Å². The predicted octanol–water partition coefficient (Wildman–Crippen LogP) is 4.55. The van der Waals surface area contributed by atoms with Crippen LogP contribution in [-0.2, 0) is 13.0 Å². The molecule has 0 unspecified atom stereocenters. The molecule has 3 heterocycles. The van der Waals surface area contributed by atoms with Crippen LogP contribution in [0.3, 0.4) is 0 Å². The number of thiophene rings is 1. The average Bonchev–Trinajstić information content (AvgIpc) is 3.26. The Morgan fingerprint density at radius 3 is 2.88 bits per heavy atom. The minimum absolute atomic E-state index is 0.00285. The van der Waals surface area contributed by atoms with Crippen molar-refractivity contribution in [1.29, 1.82) is 0 Å². The van der Waals surface area contributed by atoms with Crippen molar-refractivity contribution in [2.75, 3.05) is 19.0 Å². The zero-order valence-electron chi connectivity index (χ0n) is 14.4. The van der Waals surface area contributed by atoms with Crippen molar-refractivity contribution in [2.45, 2.75) is 19.4 Å². The van der Waals surface area contributed by atoms with Crippen LogP contribution in [0.2, 0.25) is 0 Å². The van der Waals surface area contributed by atoms with Gasteiger partial charge >= 0.3 is 0 Å². The highest BCUT2D eigenvalue weighted by Gasteiger charge is 2.22. The number of carbonyl (C=O) groups excluding carboxylic acids is 1. The molecule has 0 atom stereocenters. The Morgan fingerprint density at radius 2 is 2.08 bits per heavy atom. The summed E-state index contributed by atoms with van der Waals surface area (Å²) in [5.41, 5.74) is 2.69. The summed E-state index contributed by atoms with van der Waals surface area (Å²) in [6.45, 7) is 1.45. The molecule has 0 bridgehead atoms. The second-order valence-electron chi connectivity index (χ2n) is 6.09. The molecule has 4 rings (SSSR count). The molecule has 1 amide bonds. The molecule has 7 heteroatoms. The maximum absolute atomic E-state index is 12.9. The van der Waals surface area contributed by atoms with Gasteiger partial charge < -0.3 is 15.0 Å². The third-order valence-electron chi connectivity index (χ3n) is 4.38. The van der Waals surface area contributed by atoms with Gasteiger partial charge in [-0.25, -0.2) is 4.98 Å². The molecule has 0 saturated carbocycles. The lowest BCUT2D eigenvalue weighted by molar-refractivity contribution is 0.0741. The number of anilines is 2. The Bertz CT molecular complexity index is 902. The fourth-order valence-corrected chi connectivity index (χ4v) is 4.65. The van der Waals surface area contributed by atoms with Crippen LogP contribution in [0.25, 0.3) is 0 Å². The van der Waals surface area contributed by atoms with Crippen molar-refractivity contribution >= 4 is 39.4 Å². The van der Waals surface area contributed by atoms with Crippen molar-refractivity contribution < 1.29 is 9.53 Å². The molecule has 1 N–H and O–H groups in total. The van der Waals surface area contributed by atoms with Gasteiger partial charge in [-0.15, -0.1) is 22.7 Å². The molecule has 2 aromatic heterocycles. The van der Waals surface area contributed by atoms with E-state index in [1.165, 1.54) is 21.8 Å². The summed E-state index contributed by atoms with van der Waals surface area (Å²) in [5.74, 6) is 0.808. The van der Waals surface area contributed by atoms with Crippen molar-refractivity contribution in [3.05, 3.63) is 57.2 Å². The molecular formula is C19H19N3O2S2. The van der Waals surface area contributed by atoms with E-state index in [-0.39, 0.29) is 5.91 Å². The van der Waals surface area contributed by atoms with Gasteiger partial charge in [-0.2, -0.15) is 0 Å². The summed E-state index contributed by atoms with van der Waals surface area (Å²) in [6.07, 6.45) is 2.05. The lowest BCUT2D eigenvalue weighted by Crippen LogP contribution is -2.30. The summed E-state index contributed by atoms with van der Waals surface area (Å²) >= 11 is 3.23. The average molecular weight is 386 g/mol. The smallest absolute Gasteiger partial charge is 0.273 e. The third kappa shape index (κ3) is 3.59. The van der Waals surface area contributed by atoms with E-state index in [0.29, 0.717) is 17.4 Å². The highest BCUT2D eigenvalue weighted by molar-refractivity contribution is 7.14. The molecule has 5 nitrogen and oxygen atoms in total. The number of amides is 1. The maximum Gasteiger partial charge on any atom is 0.273 e. The van der Waals surface area contributed by atoms with Crippen LogP contribution in [-0.4, -0.2) is 29.4 Å². The van der Waals surface area contributed by atoms with Crippen LogP contribution in [0.5, 0.6) is 5.75 Å². The van der Waals surface area contributed by atoms with E-state index in [1.807, 2.05) is 34.5 Å². The highest BCUT2D eigenvalue weighted by Crippen LogP contribution is 2.27. The molecule has 1 aliphatic heterocycles. The summed E-state index contributed by atoms with van der Waals surface area (Å²) in [5, 5.41) is 7.89. The van der Waals surface area contributed by atoms with Gasteiger partial charge in [0, 0.05) is 29.0 Å². The standard InChI is InChI=1S/C19H19N3O2S2/c1-24-15-6-4-14(5-7-15)20-19-21-16(12-26-19)18(23)22-9-2-3-17-13(11-22)8-10-25-17/h4-8,10,12H,2-3,9,11H2,1H3,(H,20,21). The first-order valence-electron chi connectivity index (χ1n) is 8.44. The number of benzene rings is 1. The van der Waals surface area contributed by atoms with Gasteiger partial charge in [0.25, 0.3) is 5.91 Å². The topological polar surface area (TPSA) is 54.5 Å². The van der Waals surface area contributed by atoms with Gasteiger partial charge in [0.15, 0.2) is 5.13 Å². The van der Waals surface area contributed by atoms with Gasteiger partial charge in [-0.1, -0.05) is 0 Å². The largest absolute Gasteiger partial charge is 0.497 e. The third-order valence-corrected chi connectivity index (χ3v) is 6.16. The molecule has 0 fully saturated rings. The Hall–Kier alpha value is -2.38. The van der Waals surface area contributed by atoms with E-state index in [0.717, 1.165) is 30.8 Å². The molecule has 0 aliphatic carbocycles. The molecule has 3 aromatic rings. The number of aromatic nitrogens is 1. The Labute approximate surface area is 160 Å². The molecular weight excluding hydrogens is 366 g/mol. The lowest BCUT2D eigenvalue weighted by atomic mass is 10.2. The van der Waals surface area contributed by atoms with Crippen LogP contribution < -0.4 is 10.1 Å². The lowest BCUT2D eigenvalue weighted by Gasteiger charge is -2.19. The van der Waals surface area contributed by atoms with Gasteiger partial charge in [0.2, 0.25) is 0 Å². The number of ether oxygens (including phenoxy) is 1. The molecule has 26 heavy (non-hydrogen) atoms. The summed E-state index contributed by atoms with van der Waals surface area (Å²) in [7, 11) is 1.64. The number of nitrogens with zero attached hydrogens (tertiary/aromatic N) is 2. The highest BCUT2D eigenvalue weighted by atomic mass is 32.1. The van der Waals surface area contributed by atoms with E-state index in [1.54, 1.807) is 18.4 Å². The second kappa shape index (κ2) is 7.47. The van der Waals surface area contributed by atoms with Crippen LogP contribution in [0, 0.1) is 0 Å². The Kier molecular flexibility index (Phi) is 4.90. The minimum atomic E-state index is 0.00285. The number of fused-ring (bicyclic) bond motifs is 1. The number of thiazole rings is 1. The van der Waals surface area contributed by atoms with Crippen LogP contribution in [0.15, 0.2) is 41.1 Å². The van der Waals surface area contributed by atoms with E-state index >= 15 is 0 Å². The van der Waals surface area contributed by atoms with Crippen LogP contribution in [0.1, 0.15) is 27.3 Å². The number of hydrogen-bond acceptors (Lipinski definition) is 6. The van der Waals surface area contributed by atoms with Gasteiger partial charge in [0.05, 0.1) is 7.11 Å². The number of hydrogen-bond donors (Lipinski definition) is 1. The Morgan fingerprint density at radius 1 is 1.23 bits per heavy atom. The molecule has 0 saturated heterocycles. The zero-order chi connectivity index (χ0) is 17.9. The fourth-order valence-electron chi connectivity index (χ4n) is 3.00. The van der Waals surface area contributed by atoms with E-state index in [9.17, 15) is 4.79 Å². The summed E-state index contributed by atoms with van der Waals surface area (Å²) in [4.78, 5) is 20.7. The summed E-state index contributed by atoms with van der Waals surface area (Å²) < 4.78 is 5.16. The number of rotatable bonds is 4. The minimum Gasteiger partial charge on any atom is -0.497 e. The molecule has 0 radical (unpaired) electrons. The van der Waals surface area contributed by atoms with Gasteiger partial charge in [-0.05, 0) is 54.1 Å². The van der Waals surface area contributed by atoms with Crippen LogP contribution >= 0.6 is 22.7 Å². The predicted molar refractivity (Wildman–Crippen MR) is 106 cm³/mol. The van der Waals surface area contributed by atoms with Crippen LogP contribution in [0.4, 0.5) is 10.8 Å². The monoisotopic (exact) mass is 385 g/mol. The van der Waals surface area contributed by atoms with E-state index < -0.39 is 0 Å². The SMILES string of the molecule is COc1ccc(Nc2nc(C(=O)N3CCCc4sccc4C3)cs2)cc1. The number of aryl methyl sites for hydroxylation is 1.